The first-order valence-corrected chi connectivity index (χ1v) is 3.76. The van der Waals surface area contributed by atoms with Crippen LogP contribution >= 0.6 is 0 Å². The third kappa shape index (κ3) is 2.66. The van der Waals surface area contributed by atoms with Gasteiger partial charge in [0.1, 0.15) is 0 Å². The minimum Gasteiger partial charge on any atom is -0.504 e. The van der Waals surface area contributed by atoms with Gasteiger partial charge in [-0.3, -0.25) is 0 Å². The van der Waals surface area contributed by atoms with E-state index in [1.165, 1.54) is 0 Å². The molecule has 0 radical (unpaired) electrons. The maximum atomic E-state index is 9.33. The molecule has 0 fully saturated rings. The van der Waals surface area contributed by atoms with Crippen LogP contribution in [-0.4, -0.2) is 10.2 Å². The first-order chi connectivity index (χ1) is 5.00. The molecule has 11 heavy (non-hydrogen) atoms. The molecule has 0 bridgehead atoms. The van der Waals surface area contributed by atoms with Gasteiger partial charge in [0.2, 0.25) is 0 Å². The molecule has 0 saturated carbocycles. The fourth-order valence-corrected chi connectivity index (χ4v) is 0.606. The lowest BCUT2D eigenvalue weighted by Gasteiger charge is -2.04. The van der Waals surface area contributed by atoms with Crippen LogP contribution in [0.25, 0.3) is 0 Å². The van der Waals surface area contributed by atoms with Gasteiger partial charge in [-0.15, -0.1) is 0 Å². The van der Waals surface area contributed by atoms with Gasteiger partial charge in [0.15, 0.2) is 11.5 Å². The average Bonchev–Trinajstić information content (AvgIpc) is 2.00. The Bertz CT molecular complexity index is 196. The van der Waals surface area contributed by atoms with E-state index in [9.17, 15) is 10.2 Å². The average molecular weight is 156 g/mol. The quantitative estimate of drug-likeness (QED) is 0.476. The Hall–Kier alpha value is -0.920. The zero-order valence-corrected chi connectivity index (χ0v) is 7.60. The monoisotopic (exact) mass is 156 g/mol. The van der Waals surface area contributed by atoms with Crippen molar-refractivity contribution in [3.8, 4) is 0 Å². The molecule has 0 aliphatic carbocycles. The molecule has 0 spiro atoms. The third-order valence-corrected chi connectivity index (χ3v) is 1.63. The van der Waals surface area contributed by atoms with E-state index in [1.54, 1.807) is 20.8 Å². The van der Waals surface area contributed by atoms with Gasteiger partial charge >= 0.3 is 0 Å². The van der Waals surface area contributed by atoms with Gasteiger partial charge in [-0.1, -0.05) is 6.92 Å². The van der Waals surface area contributed by atoms with Crippen LogP contribution in [0.5, 0.6) is 0 Å². The van der Waals surface area contributed by atoms with Crippen LogP contribution in [0.2, 0.25) is 0 Å². The highest BCUT2D eigenvalue weighted by molar-refractivity contribution is 5.25. The van der Waals surface area contributed by atoms with Crippen LogP contribution in [0.3, 0.4) is 0 Å². The van der Waals surface area contributed by atoms with Crippen molar-refractivity contribution in [3.63, 3.8) is 0 Å². The second-order valence-corrected chi connectivity index (χ2v) is 2.83. The molecular weight excluding hydrogens is 140 g/mol. The first-order valence-electron chi connectivity index (χ1n) is 3.76. The highest BCUT2D eigenvalue weighted by Crippen LogP contribution is 2.14. The SMILES string of the molecule is CC/C(C)=C(/O)C(O)=C(C)C. The summed E-state index contributed by atoms with van der Waals surface area (Å²) in [7, 11) is 0. The molecule has 0 heterocycles. The van der Waals surface area contributed by atoms with E-state index in [-0.39, 0.29) is 11.5 Å². The van der Waals surface area contributed by atoms with Crippen LogP contribution in [0.4, 0.5) is 0 Å². The molecule has 2 heteroatoms. The summed E-state index contributed by atoms with van der Waals surface area (Å²) in [6.07, 6.45) is 0.753. The molecule has 64 valence electrons. The Labute approximate surface area is 67.9 Å². The summed E-state index contributed by atoms with van der Waals surface area (Å²) in [5, 5.41) is 18.6. The van der Waals surface area contributed by atoms with E-state index in [1.807, 2.05) is 6.92 Å². The minimum absolute atomic E-state index is 0.00403. The molecular formula is C9H16O2. The van der Waals surface area contributed by atoms with Crippen molar-refractivity contribution in [2.75, 3.05) is 0 Å². The molecule has 0 aromatic heterocycles. The van der Waals surface area contributed by atoms with Crippen molar-refractivity contribution in [1.29, 1.82) is 0 Å². The smallest absolute Gasteiger partial charge is 0.156 e. The maximum absolute atomic E-state index is 9.33. The lowest BCUT2D eigenvalue weighted by Crippen LogP contribution is -1.93. The van der Waals surface area contributed by atoms with Crippen LogP contribution < -0.4 is 0 Å². The third-order valence-electron chi connectivity index (χ3n) is 1.63. The number of aliphatic hydroxyl groups excluding tert-OH is 2. The Morgan fingerprint density at radius 1 is 1.00 bits per heavy atom. The van der Waals surface area contributed by atoms with Crippen LogP contribution in [0.1, 0.15) is 34.1 Å². The molecule has 0 aliphatic heterocycles. The summed E-state index contributed by atoms with van der Waals surface area (Å²) >= 11 is 0. The minimum atomic E-state index is 0.00403. The van der Waals surface area contributed by atoms with E-state index in [4.69, 9.17) is 0 Å². The van der Waals surface area contributed by atoms with Crippen molar-refractivity contribution >= 4 is 0 Å². The number of rotatable bonds is 2. The van der Waals surface area contributed by atoms with Crippen molar-refractivity contribution in [1.82, 2.24) is 0 Å². The van der Waals surface area contributed by atoms with E-state index in [2.05, 4.69) is 0 Å². The fourth-order valence-electron chi connectivity index (χ4n) is 0.606. The fraction of sp³-hybridized carbons (Fsp3) is 0.556. The highest BCUT2D eigenvalue weighted by Gasteiger charge is 2.04. The largest absolute Gasteiger partial charge is 0.504 e. The molecule has 0 unspecified atom stereocenters. The van der Waals surface area contributed by atoms with Crippen LogP contribution in [0.15, 0.2) is 22.7 Å². The van der Waals surface area contributed by atoms with E-state index in [0.717, 1.165) is 17.6 Å². The molecule has 0 aliphatic rings. The highest BCUT2D eigenvalue weighted by atomic mass is 16.3. The van der Waals surface area contributed by atoms with Crippen LogP contribution in [0, 0.1) is 0 Å². The van der Waals surface area contributed by atoms with Gasteiger partial charge in [-0.05, 0) is 38.3 Å². The van der Waals surface area contributed by atoms with Gasteiger partial charge in [0.25, 0.3) is 0 Å². The van der Waals surface area contributed by atoms with Crippen molar-refractivity contribution in [2.24, 2.45) is 0 Å². The molecule has 0 aromatic rings. The van der Waals surface area contributed by atoms with E-state index >= 15 is 0 Å². The summed E-state index contributed by atoms with van der Waals surface area (Å²) in [6, 6.07) is 0. The summed E-state index contributed by atoms with van der Waals surface area (Å²) in [5.74, 6) is 0.0249. The van der Waals surface area contributed by atoms with Crippen molar-refractivity contribution < 1.29 is 10.2 Å². The summed E-state index contributed by atoms with van der Waals surface area (Å²) < 4.78 is 0. The Morgan fingerprint density at radius 3 is 1.73 bits per heavy atom. The van der Waals surface area contributed by atoms with Gasteiger partial charge in [0, 0.05) is 0 Å². The molecule has 0 saturated heterocycles. The number of allylic oxidation sites excluding steroid dienone is 2. The maximum Gasteiger partial charge on any atom is 0.156 e. The molecule has 0 rings (SSSR count). The Morgan fingerprint density at radius 2 is 1.45 bits per heavy atom. The molecule has 2 nitrogen and oxygen atoms in total. The number of hydrogen-bond donors (Lipinski definition) is 2. The lowest BCUT2D eigenvalue weighted by molar-refractivity contribution is 0.317. The van der Waals surface area contributed by atoms with Crippen molar-refractivity contribution in [3.05, 3.63) is 22.7 Å². The van der Waals surface area contributed by atoms with Crippen LogP contribution in [-0.2, 0) is 0 Å². The molecule has 0 atom stereocenters. The molecule has 2 N–H and O–H groups in total. The summed E-state index contributed by atoms with van der Waals surface area (Å²) in [4.78, 5) is 0. The number of hydrogen-bond acceptors (Lipinski definition) is 2. The van der Waals surface area contributed by atoms with Gasteiger partial charge < -0.3 is 10.2 Å². The zero-order chi connectivity index (χ0) is 9.02. The van der Waals surface area contributed by atoms with E-state index < -0.39 is 0 Å². The normalized spacial score (nSPS) is 12.4. The predicted octanol–water partition coefficient (Wildman–Crippen LogP) is 3.08. The Kier molecular flexibility index (Phi) is 3.72. The van der Waals surface area contributed by atoms with Gasteiger partial charge in [-0.25, -0.2) is 0 Å². The van der Waals surface area contributed by atoms with Gasteiger partial charge in [0.05, 0.1) is 0 Å². The number of aliphatic hydroxyl groups is 2. The summed E-state index contributed by atoms with van der Waals surface area (Å²) in [5.41, 5.74) is 1.54. The second kappa shape index (κ2) is 4.06. The standard InChI is InChI=1S/C9H16O2/c1-5-7(4)9(11)8(10)6(2)3/h10-11H,5H2,1-4H3/b9-7+. The predicted molar refractivity (Wildman–Crippen MR) is 46.6 cm³/mol. The van der Waals surface area contributed by atoms with E-state index in [0.29, 0.717) is 0 Å². The van der Waals surface area contributed by atoms with Crippen molar-refractivity contribution in [2.45, 2.75) is 34.1 Å². The molecule has 0 aromatic carbocycles. The first kappa shape index (κ1) is 10.1. The lowest BCUT2D eigenvalue weighted by atomic mass is 10.1. The topological polar surface area (TPSA) is 40.5 Å². The second-order valence-electron chi connectivity index (χ2n) is 2.83. The Balaban J connectivity index is 4.75. The van der Waals surface area contributed by atoms with Gasteiger partial charge in [-0.2, -0.15) is 0 Å². The molecule has 0 amide bonds. The summed E-state index contributed by atoms with van der Waals surface area (Å²) in [6.45, 7) is 7.25. The zero-order valence-electron chi connectivity index (χ0n) is 7.60.